The van der Waals surface area contributed by atoms with Crippen LogP contribution in [0.1, 0.15) is 45.1 Å². The van der Waals surface area contributed by atoms with Gasteiger partial charge in [-0.3, -0.25) is 4.79 Å². The van der Waals surface area contributed by atoms with Gasteiger partial charge in [-0.25, -0.2) is 4.98 Å². The first-order valence-corrected chi connectivity index (χ1v) is 12.7. The van der Waals surface area contributed by atoms with Gasteiger partial charge in [-0.05, 0) is 55.2 Å². The molecule has 1 aliphatic carbocycles. The lowest BCUT2D eigenvalue weighted by Crippen LogP contribution is -2.25. The van der Waals surface area contributed by atoms with Gasteiger partial charge in [0.15, 0.2) is 0 Å². The van der Waals surface area contributed by atoms with Crippen molar-refractivity contribution in [3.05, 3.63) is 119 Å². The summed E-state index contributed by atoms with van der Waals surface area (Å²) < 4.78 is 5.81. The van der Waals surface area contributed by atoms with E-state index >= 15 is 0 Å². The molecule has 3 N–H and O–H groups in total. The van der Waals surface area contributed by atoms with Crippen LogP contribution in [-0.2, 0) is 6.42 Å². The number of fused-ring (bicyclic) bond motifs is 1. The number of aryl methyl sites for hydroxylation is 1. The lowest BCUT2D eigenvalue weighted by atomic mass is 9.81. The van der Waals surface area contributed by atoms with Crippen LogP contribution in [0.15, 0.2) is 96.2 Å². The van der Waals surface area contributed by atoms with Gasteiger partial charge in [0.1, 0.15) is 18.2 Å². The number of carbonyl (C=O) groups is 1. The summed E-state index contributed by atoms with van der Waals surface area (Å²) in [6.45, 7) is 2.85. The number of para-hydroxylation sites is 1. The number of aromatic nitrogens is 1. The molecule has 7 heteroatoms. The van der Waals surface area contributed by atoms with Gasteiger partial charge in [-0.2, -0.15) is 0 Å². The Morgan fingerprint density at radius 1 is 1.00 bits per heavy atom. The summed E-state index contributed by atoms with van der Waals surface area (Å²) in [5, 5.41) is 19.7. The summed E-state index contributed by atoms with van der Waals surface area (Å²) in [6, 6.07) is 29.1. The number of carbonyl (C=O) groups excluding carboxylic acids is 1. The standard InChI is InChI=1S/C31H30N4O3/c1-21-12-14-24(15-13-21)33-31(36)27-20-26-28(18-23(19-29(26)35-37)22-8-4-2-5-9-22)34-30(27)32-16-17-38-25-10-6-3-7-11-25/h2-15,20,23,37H,16-19H2,1H3,(H,32,34)(H,33,36)/b35-29+. The van der Waals surface area contributed by atoms with Gasteiger partial charge in [0.2, 0.25) is 0 Å². The highest BCUT2D eigenvalue weighted by Crippen LogP contribution is 2.34. The van der Waals surface area contributed by atoms with Gasteiger partial charge >= 0.3 is 0 Å². The number of amides is 1. The first-order chi connectivity index (χ1) is 18.6. The number of anilines is 2. The second-order valence-corrected chi connectivity index (χ2v) is 9.35. The number of ether oxygens (including phenoxy) is 1. The van der Waals surface area contributed by atoms with E-state index in [9.17, 15) is 10.0 Å². The molecule has 0 bridgehead atoms. The van der Waals surface area contributed by atoms with E-state index in [1.807, 2.05) is 79.7 Å². The van der Waals surface area contributed by atoms with Crippen LogP contribution in [0.4, 0.5) is 11.5 Å². The van der Waals surface area contributed by atoms with Crippen LogP contribution >= 0.6 is 0 Å². The highest BCUT2D eigenvalue weighted by Gasteiger charge is 2.29. The zero-order valence-electron chi connectivity index (χ0n) is 21.2. The summed E-state index contributed by atoms with van der Waals surface area (Å²) in [6.07, 6.45) is 1.24. The third kappa shape index (κ3) is 5.83. The van der Waals surface area contributed by atoms with Crippen molar-refractivity contribution in [2.75, 3.05) is 23.8 Å². The molecule has 0 spiro atoms. The second-order valence-electron chi connectivity index (χ2n) is 9.35. The van der Waals surface area contributed by atoms with Crippen LogP contribution in [0.5, 0.6) is 5.75 Å². The van der Waals surface area contributed by atoms with E-state index in [4.69, 9.17) is 9.72 Å². The molecule has 0 aliphatic heterocycles. The average Bonchev–Trinajstić information content (AvgIpc) is 2.96. The number of nitrogens with one attached hydrogen (secondary N) is 2. The second kappa shape index (κ2) is 11.6. The number of nitrogens with zero attached hydrogens (tertiary/aromatic N) is 2. The Labute approximate surface area is 222 Å². The fraction of sp³-hybridized carbons (Fsp3) is 0.194. The maximum absolute atomic E-state index is 13.4. The van der Waals surface area contributed by atoms with Gasteiger partial charge in [0.05, 0.1) is 23.5 Å². The largest absolute Gasteiger partial charge is 0.492 e. The number of oxime groups is 1. The highest BCUT2D eigenvalue weighted by atomic mass is 16.5. The molecule has 0 fully saturated rings. The van der Waals surface area contributed by atoms with Gasteiger partial charge in [0.25, 0.3) is 5.91 Å². The minimum Gasteiger partial charge on any atom is -0.492 e. The van der Waals surface area contributed by atoms with Crippen LogP contribution < -0.4 is 15.4 Å². The van der Waals surface area contributed by atoms with E-state index in [0.29, 0.717) is 54.3 Å². The highest BCUT2D eigenvalue weighted by molar-refractivity contribution is 6.10. The number of hydrogen-bond acceptors (Lipinski definition) is 6. The van der Waals surface area contributed by atoms with Crippen molar-refractivity contribution in [1.82, 2.24) is 4.98 Å². The molecule has 0 saturated carbocycles. The summed E-state index contributed by atoms with van der Waals surface area (Å²) in [5.41, 5.74) is 5.34. The van der Waals surface area contributed by atoms with Crippen LogP contribution in [0.2, 0.25) is 0 Å². The molecule has 5 rings (SSSR count). The molecule has 192 valence electrons. The third-order valence-corrected chi connectivity index (χ3v) is 6.64. The maximum Gasteiger partial charge on any atom is 0.259 e. The fourth-order valence-electron chi connectivity index (χ4n) is 4.66. The Morgan fingerprint density at radius 3 is 2.42 bits per heavy atom. The number of hydrogen-bond donors (Lipinski definition) is 3. The van der Waals surface area contributed by atoms with Crippen molar-refractivity contribution in [3.63, 3.8) is 0 Å². The van der Waals surface area contributed by atoms with Crippen molar-refractivity contribution in [2.45, 2.75) is 25.7 Å². The topological polar surface area (TPSA) is 95.8 Å². The number of rotatable bonds is 8. The summed E-state index contributed by atoms with van der Waals surface area (Å²) >= 11 is 0. The predicted octanol–water partition coefficient (Wildman–Crippen LogP) is 6.04. The first-order valence-electron chi connectivity index (χ1n) is 12.7. The third-order valence-electron chi connectivity index (χ3n) is 6.64. The summed E-state index contributed by atoms with van der Waals surface area (Å²) in [4.78, 5) is 18.3. The fourth-order valence-corrected chi connectivity index (χ4v) is 4.66. The van der Waals surface area contributed by atoms with Crippen LogP contribution in [0.25, 0.3) is 0 Å². The number of pyridine rings is 1. The molecule has 1 amide bonds. The lowest BCUT2D eigenvalue weighted by molar-refractivity contribution is 0.102. The molecule has 0 saturated heterocycles. The smallest absolute Gasteiger partial charge is 0.259 e. The van der Waals surface area contributed by atoms with Gasteiger partial charge < -0.3 is 20.6 Å². The Bertz CT molecular complexity index is 1420. The molecule has 1 atom stereocenters. The molecule has 4 aromatic rings. The zero-order valence-corrected chi connectivity index (χ0v) is 21.2. The minimum absolute atomic E-state index is 0.128. The van der Waals surface area contributed by atoms with Crippen LogP contribution in [0, 0.1) is 6.92 Å². The SMILES string of the molecule is Cc1ccc(NC(=O)c2cc3c(nc2NCCOc2ccccc2)CC(c2ccccc2)C/C3=N\O)cc1. The van der Waals surface area contributed by atoms with Gasteiger partial charge in [-0.15, -0.1) is 0 Å². The zero-order chi connectivity index (χ0) is 26.3. The first kappa shape index (κ1) is 25.0. The van der Waals surface area contributed by atoms with Crippen molar-refractivity contribution in [1.29, 1.82) is 0 Å². The average molecular weight is 507 g/mol. The van der Waals surface area contributed by atoms with E-state index in [1.165, 1.54) is 0 Å². The summed E-state index contributed by atoms with van der Waals surface area (Å²) in [7, 11) is 0. The van der Waals surface area contributed by atoms with Gasteiger partial charge in [-0.1, -0.05) is 71.4 Å². The molecular formula is C31H30N4O3. The quantitative estimate of drug-likeness (QED) is 0.154. The molecule has 1 unspecified atom stereocenters. The van der Waals surface area contributed by atoms with E-state index in [2.05, 4.69) is 27.9 Å². The van der Waals surface area contributed by atoms with Crippen molar-refractivity contribution in [2.24, 2.45) is 5.16 Å². The molecule has 1 heterocycles. The minimum atomic E-state index is -0.293. The van der Waals surface area contributed by atoms with Crippen molar-refractivity contribution >= 4 is 23.1 Å². The summed E-state index contributed by atoms with van der Waals surface area (Å²) in [5.74, 6) is 1.08. The maximum atomic E-state index is 13.4. The molecular weight excluding hydrogens is 476 g/mol. The molecule has 0 radical (unpaired) electrons. The van der Waals surface area contributed by atoms with Crippen molar-refractivity contribution in [3.8, 4) is 5.75 Å². The molecule has 3 aromatic carbocycles. The predicted molar refractivity (Wildman–Crippen MR) is 150 cm³/mol. The van der Waals surface area contributed by atoms with E-state index < -0.39 is 0 Å². The van der Waals surface area contributed by atoms with Crippen LogP contribution in [0.3, 0.4) is 0 Å². The Balaban J connectivity index is 1.43. The Morgan fingerprint density at radius 2 is 1.71 bits per heavy atom. The van der Waals surface area contributed by atoms with Gasteiger partial charge in [0, 0.05) is 17.7 Å². The van der Waals surface area contributed by atoms with Crippen LogP contribution in [-0.4, -0.2) is 35.0 Å². The Kier molecular flexibility index (Phi) is 7.64. The van der Waals surface area contributed by atoms with E-state index in [0.717, 1.165) is 22.6 Å². The van der Waals surface area contributed by atoms with Crippen molar-refractivity contribution < 1.29 is 14.7 Å². The monoisotopic (exact) mass is 506 g/mol. The normalized spacial score (nSPS) is 15.5. The molecule has 1 aromatic heterocycles. The Hall–Kier alpha value is -4.65. The molecule has 38 heavy (non-hydrogen) atoms. The van der Waals surface area contributed by atoms with E-state index in [-0.39, 0.29) is 11.8 Å². The molecule has 7 nitrogen and oxygen atoms in total. The lowest BCUT2D eigenvalue weighted by Gasteiger charge is -2.26. The van der Waals surface area contributed by atoms with E-state index in [1.54, 1.807) is 6.07 Å². The number of benzene rings is 3. The molecule has 1 aliphatic rings.